The Kier molecular flexibility index (Phi) is 5.18. The van der Waals surface area contributed by atoms with Crippen molar-refractivity contribution in [2.45, 2.75) is 32.2 Å². The number of amides is 1. The minimum absolute atomic E-state index is 0.0928. The molecule has 0 aliphatic carbocycles. The highest BCUT2D eigenvalue weighted by molar-refractivity contribution is 6.08. The number of carbonyl (C=O) groups is 2. The predicted octanol–water partition coefficient (Wildman–Crippen LogP) is 2.60. The van der Waals surface area contributed by atoms with Crippen molar-refractivity contribution < 1.29 is 19.1 Å². The third-order valence-corrected chi connectivity index (χ3v) is 4.97. The average molecular weight is 346 g/mol. The molecule has 25 heavy (non-hydrogen) atoms. The quantitative estimate of drug-likeness (QED) is 0.890. The van der Waals surface area contributed by atoms with E-state index in [-0.39, 0.29) is 17.2 Å². The molecule has 1 saturated heterocycles. The highest BCUT2D eigenvalue weighted by Gasteiger charge is 2.42. The number of aliphatic hydroxyl groups is 1. The zero-order valence-electron chi connectivity index (χ0n) is 14.4. The van der Waals surface area contributed by atoms with Crippen LogP contribution in [-0.4, -0.2) is 52.8 Å². The SMILES string of the molecule is CC(=O)C1=C(O)C(=O)N(CCN2CCCCC2)C1c1ccc(F)cc1. The molecule has 3 rings (SSSR count). The van der Waals surface area contributed by atoms with E-state index in [9.17, 15) is 19.1 Å². The van der Waals surface area contributed by atoms with Gasteiger partial charge >= 0.3 is 0 Å². The molecule has 0 bridgehead atoms. The van der Waals surface area contributed by atoms with Crippen LogP contribution in [0.4, 0.5) is 4.39 Å². The lowest BCUT2D eigenvalue weighted by atomic mass is 9.97. The molecule has 0 spiro atoms. The fourth-order valence-corrected chi connectivity index (χ4v) is 3.67. The van der Waals surface area contributed by atoms with E-state index in [1.807, 2.05) is 0 Å². The lowest BCUT2D eigenvalue weighted by Gasteiger charge is -2.31. The molecular formula is C19H23FN2O3. The summed E-state index contributed by atoms with van der Waals surface area (Å²) in [5, 5.41) is 10.2. The van der Waals surface area contributed by atoms with Crippen molar-refractivity contribution in [2.24, 2.45) is 0 Å². The Labute approximate surface area is 146 Å². The maximum absolute atomic E-state index is 13.3. The van der Waals surface area contributed by atoms with E-state index in [1.165, 1.54) is 30.4 Å². The van der Waals surface area contributed by atoms with Crippen molar-refractivity contribution >= 4 is 11.7 Å². The third-order valence-electron chi connectivity index (χ3n) is 4.97. The summed E-state index contributed by atoms with van der Waals surface area (Å²) in [6, 6.07) is 5.06. The normalized spacial score (nSPS) is 21.9. The van der Waals surface area contributed by atoms with Gasteiger partial charge < -0.3 is 14.9 Å². The number of halogens is 1. The van der Waals surface area contributed by atoms with Crippen molar-refractivity contribution in [1.82, 2.24) is 9.80 Å². The van der Waals surface area contributed by atoms with Gasteiger partial charge in [-0.15, -0.1) is 0 Å². The summed E-state index contributed by atoms with van der Waals surface area (Å²) in [5.41, 5.74) is 0.720. The summed E-state index contributed by atoms with van der Waals surface area (Å²) >= 11 is 0. The summed E-state index contributed by atoms with van der Waals surface area (Å²) in [4.78, 5) is 28.4. The molecule has 2 aliphatic heterocycles. The number of hydrogen-bond acceptors (Lipinski definition) is 4. The number of likely N-dealkylation sites (tertiary alicyclic amines) is 1. The van der Waals surface area contributed by atoms with Crippen LogP contribution in [0.15, 0.2) is 35.6 Å². The molecule has 0 saturated carbocycles. The zero-order valence-corrected chi connectivity index (χ0v) is 14.4. The molecule has 2 heterocycles. The van der Waals surface area contributed by atoms with E-state index >= 15 is 0 Å². The number of aliphatic hydroxyl groups excluding tert-OH is 1. The average Bonchev–Trinajstić information content (AvgIpc) is 2.86. The lowest BCUT2D eigenvalue weighted by molar-refractivity contribution is -0.129. The van der Waals surface area contributed by atoms with Crippen molar-refractivity contribution in [3.63, 3.8) is 0 Å². The number of Topliss-reactive ketones (excluding diaryl/α,β-unsaturated/α-hetero) is 1. The van der Waals surface area contributed by atoms with E-state index in [2.05, 4.69) is 4.90 Å². The van der Waals surface area contributed by atoms with Crippen LogP contribution in [0.3, 0.4) is 0 Å². The molecule has 1 unspecified atom stereocenters. The van der Waals surface area contributed by atoms with Crippen LogP contribution in [0.5, 0.6) is 0 Å². The van der Waals surface area contributed by atoms with Crippen LogP contribution in [0.25, 0.3) is 0 Å². The molecule has 1 fully saturated rings. The van der Waals surface area contributed by atoms with Gasteiger partial charge in [-0.05, 0) is 50.6 Å². The Morgan fingerprint density at radius 2 is 1.80 bits per heavy atom. The Morgan fingerprint density at radius 1 is 1.16 bits per heavy atom. The molecule has 0 aromatic heterocycles. The van der Waals surface area contributed by atoms with Crippen molar-refractivity contribution in [1.29, 1.82) is 0 Å². The van der Waals surface area contributed by atoms with Crippen LogP contribution < -0.4 is 0 Å². The molecule has 1 aromatic rings. The summed E-state index contributed by atoms with van der Waals surface area (Å²) in [6.45, 7) is 4.46. The van der Waals surface area contributed by atoms with Gasteiger partial charge in [0.25, 0.3) is 5.91 Å². The summed E-state index contributed by atoms with van der Waals surface area (Å²) in [7, 11) is 0. The first kappa shape index (κ1) is 17.6. The molecule has 2 aliphatic rings. The van der Waals surface area contributed by atoms with Gasteiger partial charge in [-0.3, -0.25) is 9.59 Å². The second kappa shape index (κ2) is 7.35. The van der Waals surface area contributed by atoms with Crippen LogP contribution in [0, 0.1) is 5.82 Å². The van der Waals surface area contributed by atoms with Gasteiger partial charge in [-0.1, -0.05) is 18.6 Å². The molecule has 6 heteroatoms. The molecule has 1 N–H and O–H groups in total. The monoisotopic (exact) mass is 346 g/mol. The first-order valence-electron chi connectivity index (χ1n) is 8.72. The van der Waals surface area contributed by atoms with Crippen LogP contribution in [0.1, 0.15) is 37.8 Å². The molecule has 5 nitrogen and oxygen atoms in total. The van der Waals surface area contributed by atoms with E-state index in [1.54, 1.807) is 12.1 Å². The van der Waals surface area contributed by atoms with Crippen molar-refractivity contribution in [3.05, 3.63) is 47.0 Å². The molecule has 0 radical (unpaired) electrons. The summed E-state index contributed by atoms with van der Waals surface area (Å²) in [5.74, 6) is -1.75. The van der Waals surface area contributed by atoms with Gasteiger partial charge in [0.2, 0.25) is 0 Å². The lowest BCUT2D eigenvalue weighted by Crippen LogP contribution is -2.40. The maximum atomic E-state index is 13.3. The Morgan fingerprint density at radius 3 is 2.40 bits per heavy atom. The van der Waals surface area contributed by atoms with Crippen LogP contribution >= 0.6 is 0 Å². The van der Waals surface area contributed by atoms with Gasteiger partial charge in [0, 0.05) is 13.1 Å². The molecular weight excluding hydrogens is 323 g/mol. The zero-order chi connectivity index (χ0) is 18.0. The van der Waals surface area contributed by atoms with Gasteiger partial charge in [-0.25, -0.2) is 4.39 Å². The number of nitrogens with zero attached hydrogens (tertiary/aromatic N) is 2. The van der Waals surface area contributed by atoms with E-state index in [0.29, 0.717) is 18.7 Å². The predicted molar refractivity (Wildman–Crippen MR) is 91.5 cm³/mol. The highest BCUT2D eigenvalue weighted by atomic mass is 19.1. The minimum Gasteiger partial charge on any atom is -0.503 e. The van der Waals surface area contributed by atoms with Gasteiger partial charge in [0.1, 0.15) is 5.82 Å². The fraction of sp³-hybridized carbons (Fsp3) is 0.474. The van der Waals surface area contributed by atoms with E-state index < -0.39 is 17.7 Å². The number of carbonyl (C=O) groups excluding carboxylic acids is 2. The molecule has 1 aromatic carbocycles. The molecule has 1 amide bonds. The summed E-state index contributed by atoms with van der Waals surface area (Å²) < 4.78 is 13.3. The number of benzene rings is 1. The minimum atomic E-state index is -0.657. The number of rotatable bonds is 5. The van der Waals surface area contributed by atoms with E-state index in [4.69, 9.17) is 0 Å². The van der Waals surface area contributed by atoms with Gasteiger partial charge in [0.05, 0.1) is 11.6 Å². The fourth-order valence-electron chi connectivity index (χ4n) is 3.67. The molecule has 134 valence electrons. The van der Waals surface area contributed by atoms with Crippen LogP contribution in [0.2, 0.25) is 0 Å². The maximum Gasteiger partial charge on any atom is 0.290 e. The second-order valence-electron chi connectivity index (χ2n) is 6.67. The largest absolute Gasteiger partial charge is 0.503 e. The number of hydrogen-bond donors (Lipinski definition) is 1. The first-order chi connectivity index (χ1) is 12.0. The van der Waals surface area contributed by atoms with Crippen molar-refractivity contribution in [3.8, 4) is 0 Å². The summed E-state index contributed by atoms with van der Waals surface area (Å²) in [6.07, 6.45) is 3.53. The van der Waals surface area contributed by atoms with E-state index in [0.717, 1.165) is 25.9 Å². The smallest absolute Gasteiger partial charge is 0.290 e. The highest BCUT2D eigenvalue weighted by Crippen LogP contribution is 2.37. The topological polar surface area (TPSA) is 60.9 Å². The Bertz CT molecular complexity index is 693. The number of piperidine rings is 1. The standard InChI is InChI=1S/C19H23FN2O3/c1-13(23)16-17(14-5-7-15(20)8-6-14)22(19(25)18(16)24)12-11-21-9-3-2-4-10-21/h5-8,17,24H,2-4,9-12H2,1H3. The Balaban J connectivity index is 1.85. The first-order valence-corrected chi connectivity index (χ1v) is 8.72. The van der Waals surface area contributed by atoms with Crippen LogP contribution in [-0.2, 0) is 9.59 Å². The number of ketones is 1. The second-order valence-corrected chi connectivity index (χ2v) is 6.67. The third kappa shape index (κ3) is 3.58. The van der Waals surface area contributed by atoms with Gasteiger partial charge in [-0.2, -0.15) is 0 Å². The molecule has 1 atom stereocenters. The van der Waals surface area contributed by atoms with Gasteiger partial charge in [0.15, 0.2) is 11.5 Å². The Hall–Kier alpha value is -2.21. The van der Waals surface area contributed by atoms with Crippen molar-refractivity contribution in [2.75, 3.05) is 26.2 Å².